The Kier molecular flexibility index (Phi) is 8.14. The standard InChI is InChI=1S/C19H25N3O7/c23-11-15(24)17(26)16(25)14-10-20-13(9-21-14)7-4-8-19(28,29)22-18(27)12-5-2-1-3-6-12/h1-3,5-6,9-10,15-17,23-26,28-29H,4,7-8,11H2,(H,22,27). The third-order valence-electron chi connectivity index (χ3n) is 4.24. The first kappa shape index (κ1) is 22.8. The summed E-state index contributed by atoms with van der Waals surface area (Å²) in [6, 6.07) is 8.16. The lowest BCUT2D eigenvalue weighted by molar-refractivity contribution is -0.181. The largest absolute Gasteiger partial charge is 0.394 e. The van der Waals surface area contributed by atoms with E-state index in [1.165, 1.54) is 12.4 Å². The Balaban J connectivity index is 1.84. The maximum atomic E-state index is 12.0. The second-order valence-corrected chi connectivity index (χ2v) is 6.61. The number of aryl methyl sites for hydroxylation is 1. The summed E-state index contributed by atoms with van der Waals surface area (Å²) in [6.07, 6.45) is -1.66. The molecule has 0 aliphatic heterocycles. The van der Waals surface area contributed by atoms with Gasteiger partial charge in [-0.05, 0) is 25.0 Å². The van der Waals surface area contributed by atoms with Crippen LogP contribution in [0.1, 0.15) is 40.7 Å². The summed E-state index contributed by atoms with van der Waals surface area (Å²) in [5.41, 5.74) is 0.805. The zero-order valence-electron chi connectivity index (χ0n) is 15.6. The van der Waals surface area contributed by atoms with Gasteiger partial charge in [0.05, 0.1) is 24.2 Å². The zero-order valence-corrected chi connectivity index (χ0v) is 15.6. The first-order chi connectivity index (χ1) is 13.7. The molecular formula is C19H25N3O7. The highest BCUT2D eigenvalue weighted by atomic mass is 16.5. The second-order valence-electron chi connectivity index (χ2n) is 6.61. The molecule has 1 heterocycles. The molecule has 0 aliphatic carbocycles. The summed E-state index contributed by atoms with van der Waals surface area (Å²) < 4.78 is 0. The SMILES string of the molecule is O=C(NC(O)(O)CCCc1cnc(C(O)C(O)C(O)CO)cn1)c1ccccc1. The molecule has 0 radical (unpaired) electrons. The molecule has 2 aromatic rings. The van der Waals surface area contributed by atoms with Crippen molar-refractivity contribution < 1.29 is 35.4 Å². The number of aromatic nitrogens is 2. The number of aliphatic hydroxyl groups excluding tert-OH is 4. The van der Waals surface area contributed by atoms with Gasteiger partial charge in [-0.25, -0.2) is 0 Å². The number of benzene rings is 1. The molecule has 3 unspecified atom stereocenters. The fraction of sp³-hybridized carbons (Fsp3) is 0.421. The van der Waals surface area contributed by atoms with Crippen LogP contribution in [0.25, 0.3) is 0 Å². The van der Waals surface area contributed by atoms with Gasteiger partial charge < -0.3 is 36.0 Å². The Labute approximate surface area is 167 Å². The molecule has 2 rings (SSSR count). The lowest BCUT2D eigenvalue weighted by Gasteiger charge is -2.23. The highest BCUT2D eigenvalue weighted by Crippen LogP contribution is 2.17. The number of nitrogens with zero attached hydrogens (tertiary/aromatic N) is 2. The number of rotatable bonds is 10. The van der Waals surface area contributed by atoms with Crippen molar-refractivity contribution in [3.8, 4) is 0 Å². The fourth-order valence-corrected chi connectivity index (χ4v) is 2.56. The van der Waals surface area contributed by atoms with Crippen LogP contribution >= 0.6 is 0 Å². The molecular weight excluding hydrogens is 382 g/mol. The second kappa shape index (κ2) is 10.3. The molecule has 0 spiro atoms. The average molecular weight is 407 g/mol. The monoisotopic (exact) mass is 407 g/mol. The molecule has 3 atom stereocenters. The Morgan fingerprint density at radius 3 is 2.34 bits per heavy atom. The summed E-state index contributed by atoms with van der Waals surface area (Å²) in [5, 5.41) is 59.8. The first-order valence-corrected chi connectivity index (χ1v) is 9.01. The molecule has 0 saturated carbocycles. The lowest BCUT2D eigenvalue weighted by Crippen LogP contribution is -2.48. The van der Waals surface area contributed by atoms with Crippen molar-refractivity contribution in [3.05, 3.63) is 59.7 Å². The van der Waals surface area contributed by atoms with Gasteiger partial charge in [-0.3, -0.25) is 14.8 Å². The van der Waals surface area contributed by atoms with Crippen molar-refractivity contribution in [2.75, 3.05) is 6.61 Å². The Morgan fingerprint density at radius 1 is 1.07 bits per heavy atom. The highest BCUT2D eigenvalue weighted by Gasteiger charge is 2.27. The van der Waals surface area contributed by atoms with Crippen molar-refractivity contribution in [1.82, 2.24) is 15.3 Å². The van der Waals surface area contributed by atoms with Gasteiger partial charge in [-0.1, -0.05) is 18.2 Å². The number of hydrogen-bond acceptors (Lipinski definition) is 9. The Hall–Kier alpha value is -2.47. The van der Waals surface area contributed by atoms with E-state index in [0.717, 1.165) is 0 Å². The summed E-state index contributed by atoms with van der Waals surface area (Å²) in [5.74, 6) is -3.00. The number of amides is 1. The maximum absolute atomic E-state index is 12.0. The number of aliphatic hydroxyl groups is 6. The van der Waals surface area contributed by atoms with Gasteiger partial charge in [0, 0.05) is 18.2 Å². The van der Waals surface area contributed by atoms with Gasteiger partial charge in [0.15, 0.2) is 0 Å². The predicted molar refractivity (Wildman–Crippen MR) is 100 cm³/mol. The van der Waals surface area contributed by atoms with Crippen LogP contribution in [-0.2, 0) is 6.42 Å². The lowest BCUT2D eigenvalue weighted by atomic mass is 10.1. The summed E-state index contributed by atoms with van der Waals surface area (Å²) in [4.78, 5) is 20.0. The molecule has 0 fully saturated rings. The van der Waals surface area contributed by atoms with Gasteiger partial charge in [-0.15, -0.1) is 0 Å². The molecule has 1 aromatic heterocycles. The van der Waals surface area contributed by atoms with E-state index in [0.29, 0.717) is 17.7 Å². The predicted octanol–water partition coefficient (Wildman–Crippen LogP) is -1.38. The topological polar surface area (TPSA) is 176 Å². The van der Waals surface area contributed by atoms with Crippen LogP contribution in [0.2, 0.25) is 0 Å². The summed E-state index contributed by atoms with van der Waals surface area (Å²) in [7, 11) is 0. The van der Waals surface area contributed by atoms with Crippen LogP contribution in [0.5, 0.6) is 0 Å². The van der Waals surface area contributed by atoms with E-state index in [2.05, 4.69) is 15.3 Å². The van der Waals surface area contributed by atoms with Gasteiger partial charge in [0.1, 0.15) is 18.3 Å². The van der Waals surface area contributed by atoms with Crippen LogP contribution in [0.3, 0.4) is 0 Å². The van der Waals surface area contributed by atoms with Crippen molar-refractivity contribution in [1.29, 1.82) is 0 Å². The minimum Gasteiger partial charge on any atom is -0.394 e. The number of carbonyl (C=O) groups is 1. The zero-order chi connectivity index (χ0) is 21.4. The molecule has 10 heteroatoms. The van der Waals surface area contributed by atoms with Crippen LogP contribution in [0.15, 0.2) is 42.7 Å². The molecule has 29 heavy (non-hydrogen) atoms. The Morgan fingerprint density at radius 2 is 1.76 bits per heavy atom. The Bertz CT molecular complexity index is 771. The quantitative estimate of drug-likeness (QED) is 0.234. The van der Waals surface area contributed by atoms with E-state index in [-0.39, 0.29) is 18.5 Å². The highest BCUT2D eigenvalue weighted by molar-refractivity contribution is 5.94. The normalized spacial score (nSPS) is 14.8. The molecule has 0 saturated heterocycles. The molecule has 158 valence electrons. The van der Waals surface area contributed by atoms with E-state index in [1.807, 2.05) is 0 Å². The van der Waals surface area contributed by atoms with Crippen LogP contribution in [-0.4, -0.2) is 71.2 Å². The van der Waals surface area contributed by atoms with E-state index in [1.54, 1.807) is 30.3 Å². The van der Waals surface area contributed by atoms with Crippen molar-refractivity contribution in [3.63, 3.8) is 0 Å². The molecule has 7 N–H and O–H groups in total. The van der Waals surface area contributed by atoms with E-state index in [9.17, 15) is 30.3 Å². The van der Waals surface area contributed by atoms with Crippen molar-refractivity contribution in [2.24, 2.45) is 0 Å². The summed E-state index contributed by atoms with van der Waals surface area (Å²) in [6.45, 7) is -0.714. The van der Waals surface area contributed by atoms with E-state index < -0.39 is 36.7 Å². The third-order valence-corrected chi connectivity index (χ3v) is 4.24. The maximum Gasteiger partial charge on any atom is 0.255 e. The van der Waals surface area contributed by atoms with E-state index in [4.69, 9.17) is 5.11 Å². The number of hydrogen-bond donors (Lipinski definition) is 7. The van der Waals surface area contributed by atoms with Crippen LogP contribution < -0.4 is 5.32 Å². The van der Waals surface area contributed by atoms with Gasteiger partial charge in [0.2, 0.25) is 5.91 Å². The van der Waals surface area contributed by atoms with Crippen molar-refractivity contribution >= 4 is 5.91 Å². The smallest absolute Gasteiger partial charge is 0.255 e. The van der Waals surface area contributed by atoms with Gasteiger partial charge >= 0.3 is 0 Å². The van der Waals surface area contributed by atoms with E-state index >= 15 is 0 Å². The van der Waals surface area contributed by atoms with Crippen LogP contribution in [0, 0.1) is 0 Å². The van der Waals surface area contributed by atoms with Crippen molar-refractivity contribution in [2.45, 2.75) is 43.5 Å². The van der Waals surface area contributed by atoms with Gasteiger partial charge in [0.25, 0.3) is 5.91 Å². The third kappa shape index (κ3) is 6.82. The minimum absolute atomic E-state index is 0.0162. The number of carbonyl (C=O) groups excluding carboxylic acids is 1. The first-order valence-electron chi connectivity index (χ1n) is 9.01. The van der Waals surface area contributed by atoms with Crippen LogP contribution in [0.4, 0.5) is 0 Å². The van der Waals surface area contributed by atoms with Gasteiger partial charge in [-0.2, -0.15) is 0 Å². The molecule has 0 aliphatic rings. The molecule has 0 bridgehead atoms. The summed E-state index contributed by atoms with van der Waals surface area (Å²) >= 11 is 0. The molecule has 1 aromatic carbocycles. The minimum atomic E-state index is -2.39. The molecule has 10 nitrogen and oxygen atoms in total. The molecule has 1 amide bonds. The fourth-order valence-electron chi connectivity index (χ4n) is 2.56. The number of nitrogens with one attached hydrogen (secondary N) is 1. The average Bonchev–Trinajstić information content (AvgIpc) is 2.72.